The fraction of sp³-hybridized carbons (Fsp3) is 0.526. The number of piperidine rings is 1. The van der Waals surface area contributed by atoms with E-state index in [0.29, 0.717) is 12.1 Å². The molecule has 5 aliphatic rings. The van der Waals surface area contributed by atoms with Gasteiger partial charge in [-0.2, -0.15) is 5.10 Å². The molecule has 7 heteroatoms. The highest BCUT2D eigenvalue weighted by atomic mass is 15.6. The first-order valence-electron chi connectivity index (χ1n) is 9.60. The highest BCUT2D eigenvalue weighted by molar-refractivity contribution is 6.11. The maximum absolute atomic E-state index is 5.00. The standard InChI is InChI=1S/C19H27N7/c1-12(2)26-17-10-20-21-16-5-4-15-14(19(23-26)18(16)17)11-25(22-15)13-6-8-24(3)9-7-13/h4-5,10,12-13,20-21,23H,6-9,11H2,1-3H3. The normalized spacial score (nSPS) is 25.5. The molecular formula is C19H27N7. The molecule has 0 radical (unpaired) electrons. The van der Waals surface area contributed by atoms with Crippen LogP contribution in [0.15, 0.2) is 51.7 Å². The van der Waals surface area contributed by atoms with Gasteiger partial charge in [0.2, 0.25) is 0 Å². The molecular weight excluding hydrogens is 326 g/mol. The van der Waals surface area contributed by atoms with E-state index in [1.54, 1.807) is 0 Å². The Kier molecular flexibility index (Phi) is 3.53. The molecule has 26 heavy (non-hydrogen) atoms. The van der Waals surface area contributed by atoms with Crippen molar-refractivity contribution in [3.63, 3.8) is 0 Å². The van der Waals surface area contributed by atoms with Gasteiger partial charge in [-0.15, -0.1) is 0 Å². The highest BCUT2D eigenvalue weighted by Gasteiger charge is 2.39. The number of hydrogen-bond acceptors (Lipinski definition) is 7. The summed E-state index contributed by atoms with van der Waals surface area (Å²) in [5.74, 6) is 0. The zero-order chi connectivity index (χ0) is 17.8. The van der Waals surface area contributed by atoms with Gasteiger partial charge < -0.3 is 15.8 Å². The van der Waals surface area contributed by atoms with E-state index < -0.39 is 0 Å². The lowest BCUT2D eigenvalue weighted by Gasteiger charge is -2.33. The number of allylic oxidation sites excluding steroid dienone is 2. The number of nitrogens with zero attached hydrogens (tertiary/aromatic N) is 4. The number of likely N-dealkylation sites (tertiary alicyclic amines) is 1. The zero-order valence-electron chi connectivity index (χ0n) is 15.7. The maximum atomic E-state index is 5.00. The second-order valence-corrected chi connectivity index (χ2v) is 7.97. The minimum Gasteiger partial charge on any atom is -0.306 e. The number of nitrogens with one attached hydrogen (secondary N) is 3. The predicted molar refractivity (Wildman–Crippen MR) is 102 cm³/mol. The van der Waals surface area contributed by atoms with Gasteiger partial charge in [0.25, 0.3) is 0 Å². The van der Waals surface area contributed by atoms with Gasteiger partial charge in [0.15, 0.2) is 0 Å². The molecule has 5 rings (SSSR count). The monoisotopic (exact) mass is 353 g/mol. The lowest BCUT2D eigenvalue weighted by Crippen LogP contribution is -2.41. The Labute approximate surface area is 154 Å². The number of hydrazone groups is 1. The van der Waals surface area contributed by atoms with Crippen LogP contribution in [0.2, 0.25) is 0 Å². The largest absolute Gasteiger partial charge is 0.306 e. The van der Waals surface area contributed by atoms with E-state index in [4.69, 9.17) is 5.10 Å². The van der Waals surface area contributed by atoms with Crippen molar-refractivity contribution in [1.82, 2.24) is 31.2 Å². The van der Waals surface area contributed by atoms with Crippen molar-refractivity contribution < 1.29 is 0 Å². The van der Waals surface area contributed by atoms with Crippen LogP contribution in [0.4, 0.5) is 0 Å². The molecule has 0 bridgehead atoms. The highest BCUT2D eigenvalue weighted by Crippen LogP contribution is 2.38. The molecule has 0 aromatic carbocycles. The Morgan fingerprint density at radius 1 is 1.19 bits per heavy atom. The summed E-state index contributed by atoms with van der Waals surface area (Å²) in [6, 6.07) is 0.912. The third-order valence-corrected chi connectivity index (χ3v) is 5.88. The molecule has 0 amide bonds. The molecule has 138 valence electrons. The average Bonchev–Trinajstić information content (AvgIpc) is 3.19. The van der Waals surface area contributed by atoms with Crippen LogP contribution in [0, 0.1) is 0 Å². The molecule has 0 aromatic heterocycles. The molecule has 0 atom stereocenters. The van der Waals surface area contributed by atoms with Crippen LogP contribution in [0.3, 0.4) is 0 Å². The van der Waals surface area contributed by atoms with Crippen LogP contribution < -0.4 is 16.3 Å². The molecule has 0 saturated carbocycles. The van der Waals surface area contributed by atoms with E-state index in [2.05, 4.69) is 64.2 Å². The maximum Gasteiger partial charge on any atom is 0.0904 e. The molecule has 2 saturated heterocycles. The fourth-order valence-corrected chi connectivity index (χ4v) is 4.38. The molecule has 1 aliphatic carbocycles. The smallest absolute Gasteiger partial charge is 0.0904 e. The second-order valence-electron chi connectivity index (χ2n) is 7.97. The first kappa shape index (κ1) is 15.8. The van der Waals surface area contributed by atoms with E-state index in [0.717, 1.165) is 31.0 Å². The van der Waals surface area contributed by atoms with E-state index >= 15 is 0 Å². The summed E-state index contributed by atoms with van der Waals surface area (Å²) < 4.78 is 0. The third-order valence-electron chi connectivity index (χ3n) is 5.88. The van der Waals surface area contributed by atoms with Gasteiger partial charge in [0, 0.05) is 23.9 Å². The summed E-state index contributed by atoms with van der Waals surface area (Å²) in [4.78, 5) is 2.41. The van der Waals surface area contributed by atoms with Crippen molar-refractivity contribution in [3.05, 3.63) is 46.6 Å². The molecule has 2 fully saturated rings. The van der Waals surface area contributed by atoms with Crippen LogP contribution in [0.1, 0.15) is 26.7 Å². The zero-order valence-corrected chi connectivity index (χ0v) is 15.7. The lowest BCUT2D eigenvalue weighted by molar-refractivity contribution is 0.139. The number of rotatable bonds is 2. The molecule has 0 spiro atoms. The fourth-order valence-electron chi connectivity index (χ4n) is 4.38. The van der Waals surface area contributed by atoms with Crippen LogP contribution in [-0.4, -0.2) is 59.4 Å². The van der Waals surface area contributed by atoms with Gasteiger partial charge in [-0.25, -0.2) is 0 Å². The van der Waals surface area contributed by atoms with Crippen LogP contribution in [0.25, 0.3) is 0 Å². The van der Waals surface area contributed by atoms with Gasteiger partial charge in [-0.05, 0) is 59.0 Å². The molecule has 7 nitrogen and oxygen atoms in total. The van der Waals surface area contributed by atoms with Gasteiger partial charge in [0.1, 0.15) is 0 Å². The van der Waals surface area contributed by atoms with E-state index in [1.165, 1.54) is 35.4 Å². The van der Waals surface area contributed by atoms with Gasteiger partial charge >= 0.3 is 0 Å². The van der Waals surface area contributed by atoms with Crippen LogP contribution >= 0.6 is 0 Å². The van der Waals surface area contributed by atoms with Crippen molar-refractivity contribution in [2.75, 3.05) is 26.7 Å². The van der Waals surface area contributed by atoms with Gasteiger partial charge in [-0.1, -0.05) is 0 Å². The molecule has 3 N–H and O–H groups in total. The lowest BCUT2D eigenvalue weighted by atomic mass is 10.0. The first-order valence-corrected chi connectivity index (χ1v) is 9.60. The molecule has 4 heterocycles. The topological polar surface area (TPSA) is 58.2 Å². The average molecular weight is 353 g/mol. The van der Waals surface area contributed by atoms with Crippen molar-refractivity contribution in [2.24, 2.45) is 5.10 Å². The van der Waals surface area contributed by atoms with Crippen LogP contribution in [0.5, 0.6) is 0 Å². The summed E-state index contributed by atoms with van der Waals surface area (Å²) in [5.41, 5.74) is 17.3. The number of fused-ring (bicyclic) bond motifs is 1. The minimum atomic E-state index is 0.366. The Morgan fingerprint density at radius 2 is 2.00 bits per heavy atom. The SMILES string of the molecule is CC(C)N1NC2=C3CN(C4CCN(C)CC4)N=C3C=CC3=C2C1=CNN3. The Bertz CT molecular complexity index is 778. The van der Waals surface area contributed by atoms with E-state index in [-0.39, 0.29) is 0 Å². The van der Waals surface area contributed by atoms with E-state index in [9.17, 15) is 0 Å². The summed E-state index contributed by atoms with van der Waals surface area (Å²) in [6.45, 7) is 7.61. The molecule has 4 aliphatic heterocycles. The van der Waals surface area contributed by atoms with Crippen LogP contribution in [-0.2, 0) is 0 Å². The number of hydrogen-bond donors (Lipinski definition) is 3. The van der Waals surface area contributed by atoms with Gasteiger partial charge in [0.05, 0.1) is 34.9 Å². The Morgan fingerprint density at radius 3 is 2.77 bits per heavy atom. The van der Waals surface area contributed by atoms with Gasteiger partial charge in [-0.3, -0.25) is 15.4 Å². The number of hydrazine groups is 2. The third kappa shape index (κ3) is 2.34. The summed E-state index contributed by atoms with van der Waals surface area (Å²) in [5, 5.41) is 9.55. The first-order chi connectivity index (χ1) is 12.6. The Balaban J connectivity index is 1.51. The quantitative estimate of drug-likeness (QED) is 0.689. The molecule has 0 unspecified atom stereocenters. The Hall–Kier alpha value is -2.41. The van der Waals surface area contributed by atoms with Crippen molar-refractivity contribution in [2.45, 2.75) is 38.8 Å². The van der Waals surface area contributed by atoms with Crippen molar-refractivity contribution in [3.8, 4) is 0 Å². The summed E-state index contributed by atoms with van der Waals surface area (Å²) in [6.07, 6.45) is 8.71. The van der Waals surface area contributed by atoms with E-state index in [1.807, 2.05) is 6.20 Å². The van der Waals surface area contributed by atoms with Crippen molar-refractivity contribution >= 4 is 5.71 Å². The van der Waals surface area contributed by atoms with Crippen molar-refractivity contribution in [1.29, 1.82) is 0 Å². The summed E-state index contributed by atoms with van der Waals surface area (Å²) in [7, 11) is 2.21. The minimum absolute atomic E-state index is 0.366. The predicted octanol–water partition coefficient (Wildman–Crippen LogP) is 1.01. The second kappa shape index (κ2) is 5.81. The molecule has 0 aromatic rings. The summed E-state index contributed by atoms with van der Waals surface area (Å²) >= 11 is 0.